The van der Waals surface area contributed by atoms with E-state index in [0.717, 1.165) is 41.3 Å². The van der Waals surface area contributed by atoms with Crippen molar-refractivity contribution in [1.82, 2.24) is 4.90 Å². The van der Waals surface area contributed by atoms with Gasteiger partial charge in [-0.25, -0.2) is 0 Å². The van der Waals surface area contributed by atoms with Crippen LogP contribution in [0.4, 0.5) is 5.69 Å². The zero-order chi connectivity index (χ0) is 15.4. The van der Waals surface area contributed by atoms with Crippen LogP contribution in [0.3, 0.4) is 0 Å². The monoisotopic (exact) mass is 308 g/mol. The molecule has 0 aliphatic carbocycles. The molecule has 4 heteroatoms. The van der Waals surface area contributed by atoms with E-state index in [2.05, 4.69) is 18.3 Å². The van der Waals surface area contributed by atoms with Gasteiger partial charge in [0.15, 0.2) is 0 Å². The van der Waals surface area contributed by atoms with Crippen molar-refractivity contribution in [3.63, 3.8) is 0 Å². The molecule has 0 spiro atoms. The number of piperidine rings is 1. The summed E-state index contributed by atoms with van der Waals surface area (Å²) >= 11 is 6.26. The summed E-state index contributed by atoms with van der Waals surface area (Å²) in [5.74, 6) is 0.874. The third kappa shape index (κ3) is 4.37. The number of likely N-dealkylation sites (tertiary alicyclic amines) is 1. The summed E-state index contributed by atoms with van der Waals surface area (Å²) in [7, 11) is 0. The molecule has 1 aliphatic rings. The molecule has 1 amide bonds. The molecule has 1 unspecified atom stereocenters. The average molecular weight is 309 g/mol. The van der Waals surface area contributed by atoms with Crippen LogP contribution >= 0.6 is 11.6 Å². The van der Waals surface area contributed by atoms with E-state index in [1.807, 2.05) is 24.8 Å². The Morgan fingerprint density at radius 1 is 1.43 bits per heavy atom. The second kappa shape index (κ2) is 7.17. The Hall–Kier alpha value is -1.22. The highest BCUT2D eigenvalue weighted by Gasteiger charge is 2.20. The molecule has 0 saturated carbocycles. The fourth-order valence-corrected chi connectivity index (χ4v) is 3.40. The van der Waals surface area contributed by atoms with Crippen LogP contribution in [0.5, 0.6) is 0 Å². The smallest absolute Gasteiger partial charge is 0.224 e. The molecular formula is C17H25ClN2O. The molecular weight excluding hydrogens is 284 g/mol. The molecule has 1 heterocycles. The summed E-state index contributed by atoms with van der Waals surface area (Å²) in [5.41, 5.74) is 3.22. The predicted octanol–water partition coefficient (Wildman–Crippen LogP) is 4.02. The van der Waals surface area contributed by atoms with Gasteiger partial charge in [-0.05, 0) is 49.8 Å². The first-order valence-electron chi connectivity index (χ1n) is 7.75. The van der Waals surface area contributed by atoms with Gasteiger partial charge >= 0.3 is 0 Å². The van der Waals surface area contributed by atoms with Crippen LogP contribution in [-0.4, -0.2) is 30.4 Å². The first kappa shape index (κ1) is 16.2. The van der Waals surface area contributed by atoms with Crippen LogP contribution in [0, 0.1) is 19.8 Å². The predicted molar refractivity (Wildman–Crippen MR) is 89.0 cm³/mol. The Labute approximate surface area is 132 Å². The highest BCUT2D eigenvalue weighted by molar-refractivity contribution is 6.33. The maximum atomic E-state index is 12.2. The van der Waals surface area contributed by atoms with E-state index in [-0.39, 0.29) is 5.91 Å². The number of nitrogens with one attached hydrogen (secondary N) is 1. The van der Waals surface area contributed by atoms with Crippen LogP contribution in [0.15, 0.2) is 12.1 Å². The molecule has 1 aliphatic heterocycles. The number of hydrogen-bond acceptors (Lipinski definition) is 2. The van der Waals surface area contributed by atoms with Gasteiger partial charge in [0, 0.05) is 26.1 Å². The highest BCUT2D eigenvalue weighted by Crippen LogP contribution is 2.27. The Morgan fingerprint density at radius 2 is 2.19 bits per heavy atom. The molecule has 21 heavy (non-hydrogen) atoms. The van der Waals surface area contributed by atoms with Crippen molar-refractivity contribution < 1.29 is 4.79 Å². The maximum Gasteiger partial charge on any atom is 0.224 e. The van der Waals surface area contributed by atoms with Gasteiger partial charge in [-0.3, -0.25) is 4.79 Å². The fraction of sp³-hybridized carbons (Fsp3) is 0.588. The van der Waals surface area contributed by atoms with E-state index < -0.39 is 0 Å². The quantitative estimate of drug-likeness (QED) is 0.911. The molecule has 1 saturated heterocycles. The van der Waals surface area contributed by atoms with Crippen molar-refractivity contribution in [3.05, 3.63) is 28.3 Å². The van der Waals surface area contributed by atoms with Crippen molar-refractivity contribution in [1.29, 1.82) is 0 Å². The molecule has 0 aromatic heterocycles. The average Bonchev–Trinajstić information content (AvgIpc) is 2.41. The van der Waals surface area contributed by atoms with Gasteiger partial charge < -0.3 is 10.2 Å². The first-order valence-corrected chi connectivity index (χ1v) is 8.13. The van der Waals surface area contributed by atoms with Crippen molar-refractivity contribution in [2.75, 3.05) is 25.0 Å². The van der Waals surface area contributed by atoms with E-state index in [0.29, 0.717) is 18.9 Å². The number of anilines is 1. The molecule has 1 aromatic carbocycles. The van der Waals surface area contributed by atoms with Crippen molar-refractivity contribution in [2.24, 2.45) is 5.92 Å². The number of carbonyl (C=O) groups is 1. The highest BCUT2D eigenvalue weighted by atomic mass is 35.5. The molecule has 1 atom stereocenters. The first-order chi connectivity index (χ1) is 9.97. The van der Waals surface area contributed by atoms with Gasteiger partial charge in [-0.1, -0.05) is 24.6 Å². The van der Waals surface area contributed by atoms with Crippen LogP contribution in [0.2, 0.25) is 5.02 Å². The zero-order valence-electron chi connectivity index (χ0n) is 13.2. The van der Waals surface area contributed by atoms with Gasteiger partial charge in [-0.2, -0.15) is 0 Å². The van der Waals surface area contributed by atoms with Crippen molar-refractivity contribution in [3.8, 4) is 0 Å². The van der Waals surface area contributed by atoms with Crippen LogP contribution < -0.4 is 5.32 Å². The van der Waals surface area contributed by atoms with E-state index in [1.165, 1.54) is 6.42 Å². The Balaban J connectivity index is 1.85. The topological polar surface area (TPSA) is 32.3 Å². The number of benzene rings is 1. The summed E-state index contributed by atoms with van der Waals surface area (Å²) in [6.07, 6.45) is 2.89. The summed E-state index contributed by atoms with van der Waals surface area (Å²) in [6.45, 7) is 8.73. The van der Waals surface area contributed by atoms with E-state index >= 15 is 0 Å². The lowest BCUT2D eigenvalue weighted by molar-refractivity contribution is -0.132. The Kier molecular flexibility index (Phi) is 5.51. The Morgan fingerprint density at radius 3 is 2.86 bits per heavy atom. The zero-order valence-corrected chi connectivity index (χ0v) is 14.0. The Bertz CT molecular complexity index is 493. The second-order valence-corrected chi connectivity index (χ2v) is 6.61. The van der Waals surface area contributed by atoms with E-state index in [9.17, 15) is 4.79 Å². The second-order valence-electron chi connectivity index (χ2n) is 6.20. The van der Waals surface area contributed by atoms with Crippen LogP contribution in [0.1, 0.15) is 37.3 Å². The minimum Gasteiger partial charge on any atom is -0.383 e. The van der Waals surface area contributed by atoms with E-state index in [1.54, 1.807) is 0 Å². The summed E-state index contributed by atoms with van der Waals surface area (Å²) in [6, 6.07) is 4.05. The molecule has 116 valence electrons. The third-order valence-corrected chi connectivity index (χ3v) is 4.38. The number of amides is 1. The largest absolute Gasteiger partial charge is 0.383 e. The van der Waals surface area contributed by atoms with Gasteiger partial charge in [0.25, 0.3) is 0 Å². The third-order valence-electron chi connectivity index (χ3n) is 4.08. The standard InChI is InChI=1S/C17H25ClN2O/c1-12-5-4-8-20(11-12)16(21)6-7-19-17-14(3)9-13(2)10-15(17)18/h9-10,12,19H,4-8,11H2,1-3H3. The van der Waals surface area contributed by atoms with Gasteiger partial charge in [-0.15, -0.1) is 0 Å². The van der Waals surface area contributed by atoms with Crippen molar-refractivity contribution >= 4 is 23.2 Å². The lowest BCUT2D eigenvalue weighted by Gasteiger charge is -2.31. The molecule has 1 aromatic rings. The van der Waals surface area contributed by atoms with Gasteiger partial charge in [0.1, 0.15) is 0 Å². The number of hydrogen-bond donors (Lipinski definition) is 1. The van der Waals surface area contributed by atoms with Crippen LogP contribution in [0.25, 0.3) is 0 Å². The number of halogens is 1. The van der Waals surface area contributed by atoms with Gasteiger partial charge in [0.2, 0.25) is 5.91 Å². The van der Waals surface area contributed by atoms with Crippen molar-refractivity contribution in [2.45, 2.75) is 40.0 Å². The normalized spacial score (nSPS) is 18.7. The minimum absolute atomic E-state index is 0.245. The summed E-state index contributed by atoms with van der Waals surface area (Å²) in [5, 5.41) is 4.04. The number of carbonyl (C=O) groups excluding carboxylic acids is 1. The molecule has 1 fully saturated rings. The molecule has 1 N–H and O–H groups in total. The van der Waals surface area contributed by atoms with Crippen LogP contribution in [-0.2, 0) is 4.79 Å². The maximum absolute atomic E-state index is 12.2. The SMILES string of the molecule is Cc1cc(C)c(NCCC(=O)N2CCCC(C)C2)c(Cl)c1. The summed E-state index contributed by atoms with van der Waals surface area (Å²) in [4.78, 5) is 14.2. The molecule has 0 radical (unpaired) electrons. The number of rotatable bonds is 4. The molecule has 2 rings (SSSR count). The fourth-order valence-electron chi connectivity index (χ4n) is 3.01. The summed E-state index contributed by atoms with van der Waals surface area (Å²) < 4.78 is 0. The lowest BCUT2D eigenvalue weighted by atomic mass is 10.00. The van der Waals surface area contributed by atoms with Gasteiger partial charge in [0.05, 0.1) is 10.7 Å². The number of nitrogens with zero attached hydrogens (tertiary/aromatic N) is 1. The number of aryl methyl sites for hydroxylation is 2. The van der Waals surface area contributed by atoms with E-state index in [4.69, 9.17) is 11.6 Å². The lowest BCUT2D eigenvalue weighted by Crippen LogP contribution is -2.39. The molecule has 3 nitrogen and oxygen atoms in total. The minimum atomic E-state index is 0.245. The molecule has 0 bridgehead atoms.